The zero-order chi connectivity index (χ0) is 64.6. The molecule has 38 nitrogen and oxygen atoms in total. The molecule has 0 radical (unpaired) electrons. The summed E-state index contributed by atoms with van der Waals surface area (Å²) in [6, 6.07) is 5.17. The fraction of sp³-hybridized carbons (Fsp3) is 0.843. The van der Waals surface area contributed by atoms with Gasteiger partial charge in [-0.15, -0.1) is 0 Å². The van der Waals surface area contributed by atoms with Crippen LogP contribution in [-0.4, -0.2) is 382 Å². The number of rotatable bonds is 10. The molecule has 89 heavy (non-hydrogen) atoms. The number of esters is 2. The van der Waals surface area contributed by atoms with Gasteiger partial charge in [-0.1, -0.05) is 12.1 Å². The summed E-state index contributed by atoms with van der Waals surface area (Å²) >= 11 is 0. The average Bonchev–Trinajstić information content (AvgIpc) is 0.977. The molecule has 1 aromatic rings. The zero-order valence-corrected chi connectivity index (χ0v) is 46.8. The molecule has 0 saturated carbocycles. The Kier molecular flexibility index (Phi) is 23.7. The first kappa shape index (κ1) is 70.1. The van der Waals surface area contributed by atoms with E-state index in [1.807, 2.05) is 0 Å². The van der Waals surface area contributed by atoms with Crippen LogP contribution in [0.15, 0.2) is 24.3 Å². The summed E-state index contributed by atoms with van der Waals surface area (Å²) in [7, 11) is 1.04. The number of aliphatic hydroxyl groups is 20. The SMILES string of the molecule is COC(=O)c1ccccc1C(=O)OC[C@H]1O[C@@H]2O[C@H]3[C@H](O)[C@@H](O)[C@@H](O[C@H]4[C@H](O)[C@@H](O)[C@@H](O[C@H]5[C@H](O)[C@@H](O)[C@@H](O[C@H]6[C@@H](O)[C@H](O)[C@@H](O[C@H]7[C@@H](O)[C@H](O)[C@@H](O[C@H]8[C@@H](O)[C@H](O)[C@@H](O[C@H]1[C@H](O)[C@H]2O)O[C@@H]8CO)O[C@@H]7CO)O[C@@H]6CO)O[C@@H]5CO)O[C@H]4CO)O[C@@H]3CO. The first-order chi connectivity index (χ1) is 42.4. The van der Waals surface area contributed by atoms with E-state index in [9.17, 15) is 112 Å². The molecule has 0 aliphatic carbocycles. The third kappa shape index (κ3) is 14.1. The number of carbonyl (C=O) groups is 2. The average molecular weight is 1300 g/mol. The number of carbonyl (C=O) groups excluding carboxylic acids is 2. The van der Waals surface area contributed by atoms with E-state index in [1.165, 1.54) is 24.3 Å². The van der Waals surface area contributed by atoms with Gasteiger partial charge in [-0.25, -0.2) is 9.59 Å². The second-order valence-electron chi connectivity index (χ2n) is 22.1. The van der Waals surface area contributed by atoms with Gasteiger partial charge in [-0.3, -0.25) is 0 Å². The highest BCUT2D eigenvalue weighted by Crippen LogP contribution is 2.39. The van der Waals surface area contributed by atoms with E-state index in [0.29, 0.717) is 0 Å². The van der Waals surface area contributed by atoms with Gasteiger partial charge >= 0.3 is 11.9 Å². The minimum atomic E-state index is -2.34. The van der Waals surface area contributed by atoms with Crippen molar-refractivity contribution < 1.29 is 188 Å². The van der Waals surface area contributed by atoms with Crippen molar-refractivity contribution in [1.29, 1.82) is 0 Å². The van der Waals surface area contributed by atoms with Crippen molar-refractivity contribution in [2.75, 3.05) is 53.4 Å². The number of ether oxygens (including phenoxy) is 16. The predicted molar refractivity (Wildman–Crippen MR) is 269 cm³/mol. The van der Waals surface area contributed by atoms with Gasteiger partial charge in [0.05, 0.1) is 57.9 Å². The van der Waals surface area contributed by atoms with Crippen molar-refractivity contribution >= 4 is 11.9 Å². The first-order valence-corrected chi connectivity index (χ1v) is 28.1. The lowest BCUT2D eigenvalue weighted by atomic mass is 9.95. The third-order valence-corrected chi connectivity index (χ3v) is 16.5. The molecule has 0 unspecified atom stereocenters. The standard InChI is InChI=1S/C51H76O38/c1-74-43(72)13-4-2-3-5-14(13)44(73)75-12-21-42-28(64)35(71)51(82-21)88-41-20(11-57)80-49(33(69)26(41)62)86-39-18(9-55)78-47(31(67)24(39)60)84-37-16(7-53)76-45(29(65)22(37)58)83-36-15(6-52)77-46(30(66)23(36)59)85-38-17(8-54)79-48(32(68)25(38)61)87-40-19(10-56)81-50(89-42)34(70)27(40)63/h2-5,15-42,45-71H,6-12H2,1H3/t15-,16-,17-,18+,19-,20-,21-,22-,23+,24-,25+,26-,27+,28-,29-,30+,31-,32+,33-,34+,35-,36-,37-,38-,39-,40-,41-,42-,45-,46-,47-,48-,49-,50-,51-/m1/s1. The molecule has 14 bridgehead atoms. The van der Waals surface area contributed by atoms with E-state index in [1.54, 1.807) is 0 Å². The van der Waals surface area contributed by atoms with Crippen molar-refractivity contribution in [3.63, 3.8) is 0 Å². The van der Waals surface area contributed by atoms with Crippen LogP contribution in [-0.2, 0) is 75.8 Å². The van der Waals surface area contributed by atoms with E-state index >= 15 is 0 Å². The molecule has 21 saturated heterocycles. The van der Waals surface area contributed by atoms with Gasteiger partial charge in [0, 0.05) is 0 Å². The fourth-order valence-corrected chi connectivity index (χ4v) is 11.6. The molecule has 1 aromatic carbocycles. The third-order valence-electron chi connectivity index (χ3n) is 16.5. The largest absolute Gasteiger partial charge is 0.465 e. The molecular weight excluding hydrogens is 1220 g/mol. The van der Waals surface area contributed by atoms with Crippen LogP contribution in [0.25, 0.3) is 0 Å². The first-order valence-electron chi connectivity index (χ1n) is 28.1. The highest BCUT2D eigenvalue weighted by molar-refractivity contribution is 6.03. The fourth-order valence-electron chi connectivity index (χ4n) is 11.6. The Balaban J connectivity index is 1.03. The van der Waals surface area contributed by atoms with Crippen LogP contribution in [0, 0.1) is 0 Å². The van der Waals surface area contributed by atoms with Crippen molar-refractivity contribution in [2.24, 2.45) is 0 Å². The van der Waals surface area contributed by atoms with Crippen molar-refractivity contribution in [1.82, 2.24) is 0 Å². The molecule has 20 N–H and O–H groups in total. The highest BCUT2D eigenvalue weighted by atomic mass is 16.8. The van der Waals surface area contributed by atoms with Crippen LogP contribution >= 0.6 is 0 Å². The molecule has 22 rings (SSSR count). The molecule has 21 heterocycles. The van der Waals surface area contributed by atoms with E-state index < -0.39 is 273 Å². The molecule has 0 amide bonds. The minimum absolute atomic E-state index is 0.272. The van der Waals surface area contributed by atoms with Gasteiger partial charge in [-0.2, -0.15) is 0 Å². The summed E-state index contributed by atoms with van der Waals surface area (Å²) in [5.74, 6) is -2.19. The second kappa shape index (κ2) is 30.0. The van der Waals surface area contributed by atoms with Crippen molar-refractivity contribution in [2.45, 2.75) is 215 Å². The van der Waals surface area contributed by atoms with Gasteiger partial charge in [-0.05, 0) is 12.1 Å². The van der Waals surface area contributed by atoms with Crippen LogP contribution < -0.4 is 0 Å². The molecule has 0 spiro atoms. The number of aliphatic hydroxyl groups excluding tert-OH is 20. The van der Waals surface area contributed by atoms with Crippen LogP contribution in [0.2, 0.25) is 0 Å². The minimum Gasteiger partial charge on any atom is -0.465 e. The summed E-state index contributed by atoms with van der Waals surface area (Å²) in [6.07, 6.45) is -72.9. The summed E-state index contributed by atoms with van der Waals surface area (Å²) in [6.45, 7) is -7.58. The van der Waals surface area contributed by atoms with Crippen LogP contribution in [0.1, 0.15) is 20.7 Å². The lowest BCUT2D eigenvalue weighted by Gasteiger charge is -2.50. The topological polar surface area (TPSA) is 586 Å². The van der Waals surface area contributed by atoms with Crippen molar-refractivity contribution in [3.05, 3.63) is 35.4 Å². The number of hydrogen-bond donors (Lipinski definition) is 20. The normalized spacial score (nSPS) is 49.3. The molecule has 21 aliphatic heterocycles. The van der Waals surface area contributed by atoms with Crippen molar-refractivity contribution in [3.8, 4) is 0 Å². The van der Waals surface area contributed by atoms with E-state index in [0.717, 1.165) is 7.11 Å². The van der Waals surface area contributed by atoms with Gasteiger partial charge in [0.2, 0.25) is 0 Å². The van der Waals surface area contributed by atoms with Gasteiger partial charge in [0.15, 0.2) is 44.0 Å². The van der Waals surface area contributed by atoms with Crippen LogP contribution in [0.5, 0.6) is 0 Å². The summed E-state index contributed by atoms with van der Waals surface area (Å²) in [5, 5.41) is 224. The zero-order valence-electron chi connectivity index (χ0n) is 46.8. The Bertz CT molecular complexity index is 2420. The lowest BCUT2D eigenvalue weighted by molar-refractivity contribution is -0.396. The van der Waals surface area contributed by atoms with Crippen LogP contribution in [0.4, 0.5) is 0 Å². The smallest absolute Gasteiger partial charge is 0.339 e. The molecule has 508 valence electrons. The quantitative estimate of drug-likeness (QED) is 0.0967. The van der Waals surface area contributed by atoms with Crippen LogP contribution in [0.3, 0.4) is 0 Å². The van der Waals surface area contributed by atoms with Gasteiger partial charge in [0.1, 0.15) is 178 Å². The number of methoxy groups -OCH3 is 1. The maximum absolute atomic E-state index is 13.6. The second-order valence-corrected chi connectivity index (χ2v) is 22.1. The Hall–Kier alpha value is -3.20. The van der Waals surface area contributed by atoms with E-state index in [4.69, 9.17) is 75.8 Å². The molecule has 0 aromatic heterocycles. The maximum Gasteiger partial charge on any atom is 0.339 e. The predicted octanol–water partition coefficient (Wildman–Crippen LogP) is -13.6. The summed E-state index contributed by atoms with van der Waals surface area (Å²) in [5.41, 5.74) is -0.628. The Morgan fingerprint density at radius 3 is 0.697 bits per heavy atom. The molecule has 21 aliphatic rings. The molecular formula is C51H76O38. The molecule has 38 heteroatoms. The van der Waals surface area contributed by atoms with Gasteiger partial charge < -0.3 is 178 Å². The number of benzene rings is 1. The Labute approximate surface area is 502 Å². The Morgan fingerprint density at radius 2 is 0.494 bits per heavy atom. The Morgan fingerprint density at radius 1 is 0.303 bits per heavy atom. The van der Waals surface area contributed by atoms with E-state index in [-0.39, 0.29) is 11.1 Å². The summed E-state index contributed by atoms with van der Waals surface area (Å²) < 4.78 is 91.0. The van der Waals surface area contributed by atoms with Gasteiger partial charge in [0.25, 0.3) is 0 Å². The number of hydrogen-bond acceptors (Lipinski definition) is 38. The molecule has 21 fully saturated rings. The van der Waals surface area contributed by atoms with E-state index in [2.05, 4.69) is 0 Å². The monoisotopic (exact) mass is 1300 g/mol. The maximum atomic E-state index is 13.6. The highest BCUT2D eigenvalue weighted by Gasteiger charge is 2.60. The summed E-state index contributed by atoms with van der Waals surface area (Å²) in [4.78, 5) is 26.2. The lowest BCUT2D eigenvalue weighted by Crippen LogP contribution is -2.68. The molecule has 35 atom stereocenters.